The minimum absolute atomic E-state index is 0.116. The zero-order chi connectivity index (χ0) is 28.9. The van der Waals surface area contributed by atoms with Gasteiger partial charge in [-0.05, 0) is 67.8 Å². The molecule has 4 rings (SSSR count). The molecule has 0 bridgehead atoms. The summed E-state index contributed by atoms with van der Waals surface area (Å²) in [6.07, 6.45) is 15.6. The summed E-state index contributed by atoms with van der Waals surface area (Å²) >= 11 is 0. The number of allylic oxidation sites excluding steroid dienone is 2. The molecule has 0 aliphatic rings. The van der Waals surface area contributed by atoms with Gasteiger partial charge in [-0.2, -0.15) is 0 Å². The highest BCUT2D eigenvalue weighted by atomic mass is 16.5. The van der Waals surface area contributed by atoms with Crippen molar-refractivity contribution in [3.8, 4) is 23.0 Å². The SMILES string of the molecule is C/C=C\c1ccccc1Oc1ccc(C(C)(CCCCCCC)c2ccc(Oc3ccccc3/C=C\C)cc2)cc1. The largest absolute Gasteiger partial charge is 0.457 e. The molecule has 4 aromatic rings. The maximum absolute atomic E-state index is 6.29. The Bertz CT molecular complexity index is 1310. The lowest BCUT2D eigenvalue weighted by molar-refractivity contribution is 0.464. The molecule has 2 nitrogen and oxygen atoms in total. The Kier molecular flexibility index (Phi) is 11.0. The fourth-order valence-corrected chi connectivity index (χ4v) is 5.35. The molecule has 0 aromatic heterocycles. The van der Waals surface area contributed by atoms with E-state index < -0.39 is 0 Å². The second kappa shape index (κ2) is 15.1. The first-order valence-electron chi connectivity index (χ1n) is 15.1. The van der Waals surface area contributed by atoms with E-state index in [1.807, 2.05) is 62.4 Å². The van der Waals surface area contributed by atoms with Gasteiger partial charge in [0.2, 0.25) is 0 Å². The minimum atomic E-state index is -0.116. The molecular formula is C39H44O2. The van der Waals surface area contributed by atoms with Gasteiger partial charge in [0.25, 0.3) is 0 Å². The van der Waals surface area contributed by atoms with Crippen LogP contribution in [0.15, 0.2) is 109 Å². The van der Waals surface area contributed by atoms with Crippen LogP contribution < -0.4 is 9.47 Å². The summed E-state index contributed by atoms with van der Waals surface area (Å²) < 4.78 is 12.6. The molecular weight excluding hydrogens is 500 g/mol. The van der Waals surface area contributed by atoms with Crippen LogP contribution in [0.4, 0.5) is 0 Å². The number of unbranched alkanes of at least 4 members (excludes halogenated alkanes) is 4. The van der Waals surface area contributed by atoms with Gasteiger partial charge >= 0.3 is 0 Å². The third kappa shape index (κ3) is 8.01. The first-order chi connectivity index (χ1) is 20.1. The third-order valence-electron chi connectivity index (χ3n) is 7.75. The van der Waals surface area contributed by atoms with Crippen molar-refractivity contribution in [2.24, 2.45) is 0 Å². The van der Waals surface area contributed by atoms with E-state index in [4.69, 9.17) is 9.47 Å². The molecule has 0 fully saturated rings. The Morgan fingerprint density at radius 1 is 0.561 bits per heavy atom. The van der Waals surface area contributed by atoms with Gasteiger partial charge < -0.3 is 9.47 Å². The molecule has 0 radical (unpaired) electrons. The van der Waals surface area contributed by atoms with Crippen LogP contribution in [0.1, 0.15) is 88.5 Å². The van der Waals surface area contributed by atoms with Crippen LogP contribution in [0.3, 0.4) is 0 Å². The molecule has 0 aliphatic carbocycles. The first-order valence-corrected chi connectivity index (χ1v) is 15.1. The Hall–Kier alpha value is -4.04. The van der Waals surface area contributed by atoms with Gasteiger partial charge in [-0.3, -0.25) is 0 Å². The zero-order valence-corrected chi connectivity index (χ0v) is 25.1. The molecule has 0 atom stereocenters. The van der Waals surface area contributed by atoms with Crippen LogP contribution in [0.2, 0.25) is 0 Å². The summed E-state index contributed by atoms with van der Waals surface area (Å²) in [5, 5.41) is 0. The molecule has 0 unspecified atom stereocenters. The predicted molar refractivity (Wildman–Crippen MR) is 175 cm³/mol. The lowest BCUT2D eigenvalue weighted by atomic mass is 9.72. The highest BCUT2D eigenvalue weighted by Gasteiger charge is 2.28. The van der Waals surface area contributed by atoms with E-state index in [0.29, 0.717) is 0 Å². The summed E-state index contributed by atoms with van der Waals surface area (Å²) in [5.74, 6) is 3.42. The second-order valence-electron chi connectivity index (χ2n) is 10.8. The fraction of sp³-hybridized carbons (Fsp3) is 0.282. The fourth-order valence-electron chi connectivity index (χ4n) is 5.35. The third-order valence-corrected chi connectivity index (χ3v) is 7.75. The molecule has 212 valence electrons. The lowest BCUT2D eigenvalue weighted by Crippen LogP contribution is -2.23. The molecule has 0 aliphatic heterocycles. The number of ether oxygens (including phenoxy) is 2. The maximum Gasteiger partial charge on any atom is 0.134 e. The second-order valence-corrected chi connectivity index (χ2v) is 10.8. The van der Waals surface area contributed by atoms with Crippen LogP contribution in [0, 0.1) is 0 Å². The molecule has 4 aromatic carbocycles. The smallest absolute Gasteiger partial charge is 0.134 e. The molecule has 0 N–H and O–H groups in total. The maximum atomic E-state index is 6.29. The number of para-hydroxylation sites is 2. The van der Waals surface area contributed by atoms with E-state index in [-0.39, 0.29) is 5.41 Å². The Balaban J connectivity index is 1.57. The number of benzene rings is 4. The average molecular weight is 545 g/mol. The van der Waals surface area contributed by atoms with Crippen molar-refractivity contribution in [1.29, 1.82) is 0 Å². The van der Waals surface area contributed by atoms with Gasteiger partial charge in [0.05, 0.1) is 0 Å². The summed E-state index contributed by atoms with van der Waals surface area (Å²) in [6, 6.07) is 33.6. The lowest BCUT2D eigenvalue weighted by Gasteiger charge is -2.31. The van der Waals surface area contributed by atoms with Gasteiger partial charge in [-0.15, -0.1) is 0 Å². The quantitative estimate of drug-likeness (QED) is 0.147. The van der Waals surface area contributed by atoms with Crippen LogP contribution in [-0.2, 0) is 5.41 Å². The molecule has 0 amide bonds. The molecule has 2 heteroatoms. The van der Waals surface area contributed by atoms with E-state index in [1.54, 1.807) is 0 Å². The topological polar surface area (TPSA) is 18.5 Å². The predicted octanol–water partition coefficient (Wildman–Crippen LogP) is 12.0. The monoisotopic (exact) mass is 544 g/mol. The summed E-state index contributed by atoms with van der Waals surface area (Å²) in [4.78, 5) is 0. The van der Waals surface area contributed by atoms with Gasteiger partial charge in [0.15, 0.2) is 0 Å². The number of hydrogen-bond acceptors (Lipinski definition) is 2. The molecule has 0 saturated heterocycles. The van der Waals surface area contributed by atoms with Crippen molar-refractivity contribution < 1.29 is 9.47 Å². The highest BCUT2D eigenvalue weighted by Crippen LogP contribution is 2.39. The van der Waals surface area contributed by atoms with Gasteiger partial charge in [0.1, 0.15) is 23.0 Å². The van der Waals surface area contributed by atoms with Crippen molar-refractivity contribution in [3.05, 3.63) is 131 Å². The Morgan fingerprint density at radius 3 is 1.44 bits per heavy atom. The van der Waals surface area contributed by atoms with E-state index in [2.05, 4.69) is 86.7 Å². The highest BCUT2D eigenvalue weighted by molar-refractivity contribution is 5.59. The van der Waals surface area contributed by atoms with Gasteiger partial charge in [-0.1, -0.05) is 131 Å². The summed E-state index contributed by atoms with van der Waals surface area (Å²) in [5.41, 5.74) is 4.64. The Morgan fingerprint density at radius 2 is 1.00 bits per heavy atom. The standard InChI is InChI=1S/C39H44O2/c1-5-8-9-10-15-30-39(4,33-22-26-35(27-23-33)40-37-20-13-11-18-31(37)16-6-2)34-24-28-36(29-25-34)41-38-21-14-12-19-32(38)17-7-3/h6-7,11-14,16-29H,5,8-10,15,30H2,1-4H3/b16-6-,17-7-. The van der Waals surface area contributed by atoms with Gasteiger partial charge in [-0.25, -0.2) is 0 Å². The normalized spacial score (nSPS) is 11.8. The number of hydrogen-bond donors (Lipinski definition) is 0. The number of rotatable bonds is 14. The van der Waals surface area contributed by atoms with Crippen LogP contribution in [-0.4, -0.2) is 0 Å². The van der Waals surface area contributed by atoms with Crippen molar-refractivity contribution in [3.63, 3.8) is 0 Å². The average Bonchev–Trinajstić information content (AvgIpc) is 3.00. The van der Waals surface area contributed by atoms with Crippen molar-refractivity contribution in [2.45, 2.75) is 71.6 Å². The Labute approximate surface area is 247 Å². The van der Waals surface area contributed by atoms with Crippen molar-refractivity contribution >= 4 is 12.2 Å². The van der Waals surface area contributed by atoms with E-state index in [9.17, 15) is 0 Å². The van der Waals surface area contributed by atoms with E-state index in [1.165, 1.54) is 43.2 Å². The van der Waals surface area contributed by atoms with Crippen LogP contribution in [0.25, 0.3) is 12.2 Å². The zero-order valence-electron chi connectivity index (χ0n) is 25.1. The van der Waals surface area contributed by atoms with Crippen LogP contribution in [0.5, 0.6) is 23.0 Å². The summed E-state index contributed by atoms with van der Waals surface area (Å²) in [6.45, 7) is 8.69. The molecule has 0 spiro atoms. The van der Waals surface area contributed by atoms with Gasteiger partial charge in [0, 0.05) is 16.5 Å². The molecule has 0 heterocycles. The first kappa shape index (κ1) is 29.9. The van der Waals surface area contributed by atoms with Crippen molar-refractivity contribution in [1.82, 2.24) is 0 Å². The van der Waals surface area contributed by atoms with E-state index >= 15 is 0 Å². The minimum Gasteiger partial charge on any atom is -0.457 e. The van der Waals surface area contributed by atoms with E-state index in [0.717, 1.165) is 40.5 Å². The summed E-state index contributed by atoms with van der Waals surface area (Å²) in [7, 11) is 0. The van der Waals surface area contributed by atoms with Crippen LogP contribution >= 0.6 is 0 Å². The van der Waals surface area contributed by atoms with Crippen molar-refractivity contribution in [2.75, 3.05) is 0 Å². The molecule has 41 heavy (non-hydrogen) atoms. The molecule has 0 saturated carbocycles.